The molecule has 0 fully saturated rings. The third-order valence-corrected chi connectivity index (χ3v) is 4.08. The van der Waals surface area contributed by atoms with E-state index in [9.17, 15) is 18.0 Å². The molecule has 0 radical (unpaired) electrons. The molecule has 0 aliphatic carbocycles. The summed E-state index contributed by atoms with van der Waals surface area (Å²) in [6.07, 6.45) is 0. The van der Waals surface area contributed by atoms with Crippen LogP contribution in [0.4, 0.5) is 0 Å². The summed E-state index contributed by atoms with van der Waals surface area (Å²) in [6, 6.07) is 5.65. The van der Waals surface area contributed by atoms with Gasteiger partial charge in [-0.05, 0) is 53.7 Å². The highest BCUT2D eigenvalue weighted by Gasteiger charge is 2.27. The number of sulfonamides is 1. The molecule has 1 aromatic rings. The number of nitrogens with one attached hydrogen (secondary N) is 1. The Balaban J connectivity index is 2.99. The zero-order valence-corrected chi connectivity index (χ0v) is 16.2. The van der Waals surface area contributed by atoms with Gasteiger partial charge in [-0.2, -0.15) is 4.72 Å². The second-order valence-corrected chi connectivity index (χ2v) is 9.14. The minimum atomic E-state index is -4.09. The van der Waals surface area contributed by atoms with Crippen LogP contribution in [0.15, 0.2) is 29.2 Å². The molecule has 0 unspecified atom stereocenters. The Labute approximate surface area is 148 Å². The lowest BCUT2D eigenvalue weighted by Crippen LogP contribution is -2.35. The van der Waals surface area contributed by atoms with Crippen LogP contribution < -0.4 is 4.72 Å². The molecule has 0 bridgehead atoms. The first-order chi connectivity index (χ1) is 11.2. The first kappa shape index (κ1) is 21.1. The summed E-state index contributed by atoms with van der Waals surface area (Å²) in [6.45, 7) is 9.54. The van der Waals surface area contributed by atoms with Crippen molar-refractivity contribution in [1.82, 2.24) is 4.72 Å². The SMILES string of the molecule is CC(C)(C)OC(=O)CNS(=O)(=O)c1ccccc1C(=O)OC(C)(C)C. The number of ether oxygens (including phenoxy) is 2. The summed E-state index contributed by atoms with van der Waals surface area (Å²) in [4.78, 5) is 23.7. The van der Waals surface area contributed by atoms with Crippen molar-refractivity contribution in [2.75, 3.05) is 6.54 Å². The van der Waals surface area contributed by atoms with Gasteiger partial charge in [-0.3, -0.25) is 4.79 Å². The fraction of sp³-hybridized carbons (Fsp3) is 0.529. The predicted molar refractivity (Wildman–Crippen MR) is 92.6 cm³/mol. The van der Waals surface area contributed by atoms with Crippen molar-refractivity contribution < 1.29 is 27.5 Å². The smallest absolute Gasteiger partial charge is 0.340 e. The maximum absolute atomic E-state index is 12.5. The van der Waals surface area contributed by atoms with Gasteiger partial charge in [-0.1, -0.05) is 12.1 Å². The van der Waals surface area contributed by atoms with E-state index in [0.717, 1.165) is 0 Å². The van der Waals surface area contributed by atoms with Crippen LogP contribution in [0.25, 0.3) is 0 Å². The lowest BCUT2D eigenvalue weighted by molar-refractivity contribution is -0.153. The lowest BCUT2D eigenvalue weighted by Gasteiger charge is -2.21. The average Bonchev–Trinajstić information content (AvgIpc) is 2.42. The second-order valence-electron chi connectivity index (χ2n) is 7.41. The van der Waals surface area contributed by atoms with Crippen molar-refractivity contribution in [3.05, 3.63) is 29.8 Å². The number of rotatable bonds is 5. The van der Waals surface area contributed by atoms with Gasteiger partial charge in [0, 0.05) is 0 Å². The Morgan fingerprint density at radius 2 is 1.48 bits per heavy atom. The minimum Gasteiger partial charge on any atom is -0.459 e. The maximum atomic E-state index is 12.5. The lowest BCUT2D eigenvalue weighted by atomic mass is 10.1. The molecule has 25 heavy (non-hydrogen) atoms. The average molecular weight is 371 g/mol. The summed E-state index contributed by atoms with van der Waals surface area (Å²) in [5.74, 6) is -1.48. The van der Waals surface area contributed by atoms with Gasteiger partial charge >= 0.3 is 11.9 Å². The predicted octanol–water partition coefficient (Wildman–Crippen LogP) is 2.26. The molecule has 1 aromatic carbocycles. The van der Waals surface area contributed by atoms with Crippen molar-refractivity contribution in [3.63, 3.8) is 0 Å². The van der Waals surface area contributed by atoms with E-state index in [1.807, 2.05) is 0 Å². The number of benzene rings is 1. The zero-order chi connectivity index (χ0) is 19.5. The molecule has 0 heterocycles. The number of carbonyl (C=O) groups is 2. The van der Waals surface area contributed by atoms with Gasteiger partial charge in [0.25, 0.3) is 0 Å². The molecule has 0 aliphatic heterocycles. The molecule has 7 nitrogen and oxygen atoms in total. The fourth-order valence-electron chi connectivity index (χ4n) is 1.81. The number of esters is 2. The molecule has 0 saturated heterocycles. The standard InChI is InChI=1S/C17H25NO6S/c1-16(2,3)23-14(19)11-18-25(21,22)13-10-8-7-9-12(13)15(20)24-17(4,5)6/h7-10,18H,11H2,1-6H3. The topological polar surface area (TPSA) is 98.8 Å². The monoisotopic (exact) mass is 371 g/mol. The number of hydrogen-bond donors (Lipinski definition) is 1. The largest absolute Gasteiger partial charge is 0.459 e. The first-order valence-corrected chi connectivity index (χ1v) is 9.23. The van der Waals surface area contributed by atoms with Crippen LogP contribution in [-0.4, -0.2) is 38.1 Å². The van der Waals surface area contributed by atoms with Crippen LogP contribution in [0, 0.1) is 0 Å². The number of carbonyl (C=O) groups excluding carboxylic acids is 2. The minimum absolute atomic E-state index is 0.103. The Kier molecular flexibility index (Phi) is 6.36. The Morgan fingerprint density at radius 3 is 2.00 bits per heavy atom. The van der Waals surface area contributed by atoms with E-state index < -0.39 is 39.7 Å². The Bertz CT molecular complexity index is 741. The highest BCUT2D eigenvalue weighted by Crippen LogP contribution is 2.19. The van der Waals surface area contributed by atoms with E-state index in [0.29, 0.717) is 0 Å². The van der Waals surface area contributed by atoms with Crippen molar-refractivity contribution >= 4 is 22.0 Å². The Hall–Kier alpha value is -1.93. The van der Waals surface area contributed by atoms with Crippen molar-refractivity contribution in [2.45, 2.75) is 57.6 Å². The van der Waals surface area contributed by atoms with Crippen molar-refractivity contribution in [2.24, 2.45) is 0 Å². The molecule has 0 spiro atoms. The first-order valence-electron chi connectivity index (χ1n) is 7.75. The fourth-order valence-corrected chi connectivity index (χ4v) is 2.97. The normalized spacial score (nSPS) is 12.6. The van der Waals surface area contributed by atoms with Gasteiger partial charge in [0.1, 0.15) is 17.7 Å². The zero-order valence-electron chi connectivity index (χ0n) is 15.4. The van der Waals surface area contributed by atoms with Gasteiger partial charge < -0.3 is 9.47 Å². The third kappa shape index (κ3) is 7.23. The van der Waals surface area contributed by atoms with Crippen LogP contribution in [0.1, 0.15) is 51.9 Å². The molecular weight excluding hydrogens is 346 g/mol. The third-order valence-electron chi connectivity index (χ3n) is 2.62. The highest BCUT2D eigenvalue weighted by atomic mass is 32.2. The van der Waals surface area contributed by atoms with E-state index in [4.69, 9.17) is 9.47 Å². The van der Waals surface area contributed by atoms with E-state index >= 15 is 0 Å². The van der Waals surface area contributed by atoms with E-state index in [1.165, 1.54) is 24.3 Å². The van der Waals surface area contributed by atoms with Gasteiger partial charge in [-0.25, -0.2) is 13.2 Å². The van der Waals surface area contributed by atoms with Crippen LogP contribution in [0.2, 0.25) is 0 Å². The summed E-state index contributed by atoms with van der Waals surface area (Å²) < 4.78 is 37.4. The molecule has 8 heteroatoms. The van der Waals surface area contributed by atoms with Crippen LogP contribution in [0.5, 0.6) is 0 Å². The molecule has 1 N–H and O–H groups in total. The molecule has 140 valence electrons. The summed E-state index contributed by atoms with van der Waals surface area (Å²) in [5.41, 5.74) is -1.59. The van der Waals surface area contributed by atoms with Gasteiger partial charge in [0.2, 0.25) is 10.0 Å². The summed E-state index contributed by atoms with van der Waals surface area (Å²) >= 11 is 0. The van der Waals surface area contributed by atoms with Gasteiger partial charge in [0.05, 0.1) is 10.5 Å². The van der Waals surface area contributed by atoms with Crippen LogP contribution >= 0.6 is 0 Å². The molecule has 0 aromatic heterocycles. The molecule has 0 aliphatic rings. The molecule has 0 amide bonds. The molecule has 1 rings (SSSR count). The second kappa shape index (κ2) is 7.53. The van der Waals surface area contributed by atoms with Crippen molar-refractivity contribution in [3.8, 4) is 0 Å². The van der Waals surface area contributed by atoms with Crippen LogP contribution in [-0.2, 0) is 24.3 Å². The molecule has 0 atom stereocenters. The molecular formula is C17H25NO6S. The number of hydrogen-bond acceptors (Lipinski definition) is 6. The highest BCUT2D eigenvalue weighted by molar-refractivity contribution is 7.89. The molecule has 0 saturated carbocycles. The van der Waals surface area contributed by atoms with E-state index in [-0.39, 0.29) is 10.5 Å². The van der Waals surface area contributed by atoms with E-state index in [1.54, 1.807) is 41.5 Å². The van der Waals surface area contributed by atoms with Crippen LogP contribution in [0.3, 0.4) is 0 Å². The summed E-state index contributed by atoms with van der Waals surface area (Å²) in [7, 11) is -4.09. The summed E-state index contributed by atoms with van der Waals surface area (Å²) in [5, 5.41) is 0. The quantitative estimate of drug-likeness (QED) is 0.797. The van der Waals surface area contributed by atoms with Crippen molar-refractivity contribution in [1.29, 1.82) is 0 Å². The van der Waals surface area contributed by atoms with E-state index in [2.05, 4.69) is 4.72 Å². The Morgan fingerprint density at radius 1 is 0.960 bits per heavy atom. The maximum Gasteiger partial charge on any atom is 0.340 e. The van der Waals surface area contributed by atoms with Gasteiger partial charge in [-0.15, -0.1) is 0 Å². The van der Waals surface area contributed by atoms with Gasteiger partial charge in [0.15, 0.2) is 0 Å².